The van der Waals surface area contributed by atoms with E-state index in [1.165, 1.54) is 0 Å². The van der Waals surface area contributed by atoms with Crippen LogP contribution in [-0.4, -0.2) is 8.76 Å². The molecule has 0 radical (unpaired) electrons. The molecule has 92 valence electrons. The SMILES string of the molecule is NS(=O)[O-].Nc1ccc(F)c(C(F)(F)F)c1. The Morgan fingerprint density at radius 3 is 2.06 bits per heavy atom. The van der Waals surface area contributed by atoms with Crippen molar-refractivity contribution in [3.05, 3.63) is 29.6 Å². The molecule has 16 heavy (non-hydrogen) atoms. The third kappa shape index (κ3) is 5.63. The fraction of sp³-hybridized carbons (Fsp3) is 0.143. The van der Waals surface area contributed by atoms with Crippen molar-refractivity contribution in [3.8, 4) is 0 Å². The first-order valence-corrected chi connectivity index (χ1v) is 4.74. The summed E-state index contributed by atoms with van der Waals surface area (Å²) in [5.41, 5.74) is 3.62. The molecular formula is C7H7F4N2O2S-. The van der Waals surface area contributed by atoms with Gasteiger partial charge in [-0.15, -0.1) is 0 Å². The lowest BCUT2D eigenvalue weighted by Gasteiger charge is -2.07. The number of nitrogen functional groups attached to an aromatic ring is 1. The molecule has 0 bridgehead atoms. The molecule has 0 spiro atoms. The van der Waals surface area contributed by atoms with Crippen molar-refractivity contribution >= 4 is 17.0 Å². The van der Waals surface area contributed by atoms with E-state index in [2.05, 4.69) is 5.14 Å². The zero-order valence-corrected chi connectivity index (χ0v) is 8.44. The first-order valence-electron chi connectivity index (χ1n) is 3.60. The maximum Gasteiger partial charge on any atom is 0.419 e. The van der Waals surface area contributed by atoms with Gasteiger partial charge in [-0.1, -0.05) is 0 Å². The zero-order valence-electron chi connectivity index (χ0n) is 7.62. The van der Waals surface area contributed by atoms with Gasteiger partial charge in [0, 0.05) is 17.0 Å². The minimum Gasteiger partial charge on any atom is -0.760 e. The van der Waals surface area contributed by atoms with Gasteiger partial charge in [-0.2, -0.15) is 13.2 Å². The average molecular weight is 259 g/mol. The number of anilines is 1. The highest BCUT2D eigenvalue weighted by atomic mass is 32.2. The predicted molar refractivity (Wildman–Crippen MR) is 48.9 cm³/mol. The second-order valence-electron chi connectivity index (χ2n) is 2.50. The van der Waals surface area contributed by atoms with E-state index < -0.39 is 28.8 Å². The van der Waals surface area contributed by atoms with E-state index in [1.807, 2.05) is 0 Å². The van der Waals surface area contributed by atoms with Crippen LogP contribution in [0.4, 0.5) is 23.2 Å². The summed E-state index contributed by atoms with van der Waals surface area (Å²) in [6, 6.07) is 2.33. The first-order chi connectivity index (χ1) is 7.14. The highest BCUT2D eigenvalue weighted by Crippen LogP contribution is 2.32. The van der Waals surface area contributed by atoms with E-state index in [-0.39, 0.29) is 5.69 Å². The first kappa shape index (κ1) is 14.8. The standard InChI is InChI=1S/C7H5F4N.H3NO2S/c8-6-2-1-4(12)3-5(6)7(9,10)11;1-4(2)3/h1-3H,12H2;1H2,(H,2,3)/p-1. The van der Waals surface area contributed by atoms with Gasteiger partial charge in [-0.3, -0.25) is 9.35 Å². The molecule has 0 aliphatic carbocycles. The Labute approximate surface area is 90.7 Å². The summed E-state index contributed by atoms with van der Waals surface area (Å²) in [4.78, 5) is 0. The van der Waals surface area contributed by atoms with Crippen LogP contribution in [0.3, 0.4) is 0 Å². The number of alkyl halides is 3. The van der Waals surface area contributed by atoms with Gasteiger partial charge in [0.1, 0.15) is 5.82 Å². The van der Waals surface area contributed by atoms with E-state index in [1.54, 1.807) is 0 Å². The number of benzene rings is 1. The minimum atomic E-state index is -4.68. The molecule has 1 aromatic carbocycles. The van der Waals surface area contributed by atoms with Gasteiger partial charge >= 0.3 is 6.18 Å². The normalized spacial score (nSPS) is 12.6. The monoisotopic (exact) mass is 259 g/mol. The van der Waals surface area contributed by atoms with Crippen molar-refractivity contribution in [1.82, 2.24) is 0 Å². The summed E-state index contributed by atoms with van der Waals surface area (Å²) in [5.74, 6) is -1.31. The quantitative estimate of drug-likeness (QED) is 0.416. The fourth-order valence-corrected chi connectivity index (χ4v) is 0.760. The molecule has 1 rings (SSSR count). The van der Waals surface area contributed by atoms with Gasteiger partial charge in [-0.05, 0) is 18.2 Å². The summed E-state index contributed by atoms with van der Waals surface area (Å²) >= 11 is -2.36. The van der Waals surface area contributed by atoms with Crippen LogP contribution in [0.15, 0.2) is 18.2 Å². The summed E-state index contributed by atoms with van der Waals surface area (Å²) in [7, 11) is 0. The summed E-state index contributed by atoms with van der Waals surface area (Å²) < 4.78 is 65.8. The molecule has 0 saturated heterocycles. The second kappa shape index (κ2) is 5.77. The van der Waals surface area contributed by atoms with Gasteiger partial charge in [0.15, 0.2) is 0 Å². The molecule has 0 aliphatic heterocycles. The molecule has 0 amide bonds. The highest BCUT2D eigenvalue weighted by Gasteiger charge is 2.33. The van der Waals surface area contributed by atoms with Gasteiger partial charge in [0.25, 0.3) is 0 Å². The van der Waals surface area contributed by atoms with Crippen LogP contribution in [-0.2, 0) is 17.4 Å². The Kier molecular flexibility index (Phi) is 5.35. The van der Waals surface area contributed by atoms with E-state index in [9.17, 15) is 17.6 Å². The molecule has 1 aromatic rings. The number of hydrogen-bond acceptors (Lipinski definition) is 3. The number of nitrogens with two attached hydrogens (primary N) is 2. The van der Waals surface area contributed by atoms with Crippen molar-refractivity contribution < 1.29 is 26.3 Å². The molecular weight excluding hydrogens is 252 g/mol. The fourth-order valence-electron chi connectivity index (χ4n) is 0.760. The molecule has 0 heterocycles. The van der Waals surface area contributed by atoms with Crippen molar-refractivity contribution in [3.63, 3.8) is 0 Å². The third-order valence-electron chi connectivity index (χ3n) is 1.30. The predicted octanol–water partition coefficient (Wildman–Crippen LogP) is 1.17. The number of rotatable bonds is 0. The minimum absolute atomic E-state index is 0.108. The molecule has 1 atom stereocenters. The molecule has 0 saturated carbocycles. The average Bonchev–Trinajstić information content (AvgIpc) is 2.06. The van der Waals surface area contributed by atoms with Gasteiger partial charge in [-0.25, -0.2) is 4.39 Å². The van der Waals surface area contributed by atoms with Crippen molar-refractivity contribution in [2.24, 2.45) is 5.14 Å². The van der Waals surface area contributed by atoms with Crippen LogP contribution in [0.2, 0.25) is 0 Å². The molecule has 4 N–H and O–H groups in total. The Morgan fingerprint density at radius 2 is 1.75 bits per heavy atom. The van der Waals surface area contributed by atoms with Gasteiger partial charge in [0.2, 0.25) is 0 Å². The van der Waals surface area contributed by atoms with Crippen LogP contribution >= 0.6 is 0 Å². The van der Waals surface area contributed by atoms with Crippen molar-refractivity contribution in [1.29, 1.82) is 0 Å². The van der Waals surface area contributed by atoms with E-state index in [0.717, 1.165) is 6.07 Å². The van der Waals surface area contributed by atoms with Gasteiger partial charge < -0.3 is 10.3 Å². The molecule has 0 aromatic heterocycles. The summed E-state index contributed by atoms with van der Waals surface area (Å²) in [5, 5.41) is 4.03. The van der Waals surface area contributed by atoms with E-state index in [4.69, 9.17) is 14.5 Å². The Morgan fingerprint density at radius 1 is 1.31 bits per heavy atom. The zero-order chi connectivity index (χ0) is 12.9. The lowest BCUT2D eigenvalue weighted by Crippen LogP contribution is -2.08. The van der Waals surface area contributed by atoms with Crippen LogP contribution in [0.1, 0.15) is 5.56 Å². The lowest BCUT2D eigenvalue weighted by atomic mass is 10.2. The molecule has 0 aliphatic rings. The molecule has 0 fully saturated rings. The topological polar surface area (TPSA) is 92.2 Å². The molecule has 1 unspecified atom stereocenters. The highest BCUT2D eigenvalue weighted by molar-refractivity contribution is 7.76. The summed E-state index contributed by atoms with van der Waals surface area (Å²) in [6.07, 6.45) is -4.68. The Balaban J connectivity index is 0.000000487. The lowest BCUT2D eigenvalue weighted by molar-refractivity contribution is -0.139. The maximum atomic E-state index is 12.5. The molecule has 4 nitrogen and oxygen atoms in total. The van der Waals surface area contributed by atoms with E-state index >= 15 is 0 Å². The van der Waals surface area contributed by atoms with Crippen LogP contribution in [0.5, 0.6) is 0 Å². The summed E-state index contributed by atoms with van der Waals surface area (Å²) in [6.45, 7) is 0. The van der Waals surface area contributed by atoms with E-state index in [0.29, 0.717) is 12.1 Å². The largest absolute Gasteiger partial charge is 0.760 e. The number of halogens is 4. The second-order valence-corrected chi connectivity index (χ2v) is 3.02. The number of hydrogen-bond donors (Lipinski definition) is 2. The van der Waals surface area contributed by atoms with Crippen LogP contribution in [0.25, 0.3) is 0 Å². The van der Waals surface area contributed by atoms with Crippen LogP contribution < -0.4 is 10.9 Å². The van der Waals surface area contributed by atoms with Crippen molar-refractivity contribution in [2.45, 2.75) is 6.18 Å². The smallest absolute Gasteiger partial charge is 0.419 e. The Bertz CT molecular complexity index is 379. The third-order valence-corrected chi connectivity index (χ3v) is 1.30. The molecule has 9 heteroatoms. The van der Waals surface area contributed by atoms with Crippen molar-refractivity contribution in [2.75, 3.05) is 5.73 Å². The van der Waals surface area contributed by atoms with Gasteiger partial charge in [0.05, 0.1) is 5.56 Å². The Hall–Kier alpha value is -1.19. The maximum absolute atomic E-state index is 12.5. The van der Waals surface area contributed by atoms with Crippen LogP contribution in [0, 0.1) is 5.82 Å².